The van der Waals surface area contributed by atoms with Gasteiger partial charge in [-0.15, -0.1) is 0 Å². The van der Waals surface area contributed by atoms with Gasteiger partial charge >= 0.3 is 0 Å². The summed E-state index contributed by atoms with van der Waals surface area (Å²) in [7, 11) is 0. The van der Waals surface area contributed by atoms with E-state index in [-0.39, 0.29) is 5.41 Å². The van der Waals surface area contributed by atoms with Crippen LogP contribution in [-0.4, -0.2) is 13.1 Å². The molecule has 0 amide bonds. The molecule has 0 saturated heterocycles. The number of hydrogen-bond acceptors (Lipinski definition) is 2. The monoisotopic (exact) mass is 226 g/mol. The van der Waals surface area contributed by atoms with Gasteiger partial charge in [0.1, 0.15) is 0 Å². The Morgan fingerprint density at radius 2 is 1.87 bits per heavy atom. The molecule has 0 atom stereocenters. The third kappa shape index (κ3) is 4.54. The second-order valence-electron chi connectivity index (χ2n) is 4.56. The molecule has 0 heterocycles. The van der Waals surface area contributed by atoms with Crippen molar-refractivity contribution in [3.8, 4) is 0 Å². The largest absolute Gasteiger partial charge is 0.385 e. The van der Waals surface area contributed by atoms with Crippen LogP contribution >= 0.6 is 11.6 Å². The summed E-state index contributed by atoms with van der Waals surface area (Å²) < 4.78 is 0. The summed E-state index contributed by atoms with van der Waals surface area (Å²) in [5, 5.41) is 4.15. The molecule has 1 aromatic rings. The molecule has 0 aliphatic rings. The van der Waals surface area contributed by atoms with Crippen LogP contribution in [0.5, 0.6) is 0 Å². The Morgan fingerprint density at radius 3 is 2.40 bits per heavy atom. The molecule has 0 radical (unpaired) electrons. The van der Waals surface area contributed by atoms with Crippen molar-refractivity contribution in [2.75, 3.05) is 18.4 Å². The minimum Gasteiger partial charge on any atom is -0.385 e. The van der Waals surface area contributed by atoms with E-state index in [1.54, 1.807) is 0 Å². The first-order valence-electron chi connectivity index (χ1n) is 5.23. The minimum absolute atomic E-state index is 0.231. The molecule has 0 bridgehead atoms. The van der Waals surface area contributed by atoms with Crippen molar-refractivity contribution >= 4 is 17.3 Å². The minimum atomic E-state index is 0.231. The number of nitrogens with two attached hydrogens (primary N) is 1. The molecule has 0 aliphatic heterocycles. The van der Waals surface area contributed by atoms with Crippen LogP contribution in [0.15, 0.2) is 24.3 Å². The van der Waals surface area contributed by atoms with Gasteiger partial charge in [0.05, 0.1) is 0 Å². The quantitative estimate of drug-likeness (QED) is 0.810. The Labute approximate surface area is 96.8 Å². The third-order valence-corrected chi connectivity index (χ3v) is 2.69. The highest BCUT2D eigenvalue weighted by molar-refractivity contribution is 6.30. The molecule has 0 aromatic heterocycles. The highest BCUT2D eigenvalue weighted by atomic mass is 35.5. The highest BCUT2D eigenvalue weighted by Crippen LogP contribution is 2.21. The lowest BCUT2D eigenvalue weighted by atomic mass is 9.89. The maximum Gasteiger partial charge on any atom is 0.0407 e. The predicted molar refractivity (Wildman–Crippen MR) is 67.4 cm³/mol. The van der Waals surface area contributed by atoms with E-state index < -0.39 is 0 Å². The zero-order valence-corrected chi connectivity index (χ0v) is 10.1. The molecule has 3 heteroatoms. The Morgan fingerprint density at radius 1 is 1.27 bits per heavy atom. The second-order valence-corrected chi connectivity index (χ2v) is 5.00. The molecule has 0 aliphatic carbocycles. The van der Waals surface area contributed by atoms with Crippen molar-refractivity contribution < 1.29 is 0 Å². The molecule has 0 unspecified atom stereocenters. The van der Waals surface area contributed by atoms with Crippen molar-refractivity contribution in [2.45, 2.75) is 20.3 Å². The topological polar surface area (TPSA) is 38.0 Å². The van der Waals surface area contributed by atoms with Crippen LogP contribution in [0.4, 0.5) is 5.69 Å². The molecule has 15 heavy (non-hydrogen) atoms. The van der Waals surface area contributed by atoms with Crippen molar-refractivity contribution in [3.05, 3.63) is 29.3 Å². The average molecular weight is 227 g/mol. The lowest BCUT2D eigenvalue weighted by Gasteiger charge is -2.24. The van der Waals surface area contributed by atoms with Crippen LogP contribution in [-0.2, 0) is 0 Å². The number of nitrogens with one attached hydrogen (secondary N) is 1. The molecule has 1 rings (SSSR count). The van der Waals surface area contributed by atoms with E-state index in [0.29, 0.717) is 0 Å². The molecule has 0 spiro atoms. The summed E-state index contributed by atoms with van der Waals surface area (Å²) in [5.41, 5.74) is 6.89. The van der Waals surface area contributed by atoms with Crippen molar-refractivity contribution in [1.29, 1.82) is 0 Å². The maximum absolute atomic E-state index is 5.81. The van der Waals surface area contributed by atoms with Crippen molar-refractivity contribution in [2.24, 2.45) is 11.1 Å². The molecule has 0 saturated carbocycles. The van der Waals surface area contributed by atoms with E-state index in [1.807, 2.05) is 24.3 Å². The first kappa shape index (κ1) is 12.3. The molecule has 84 valence electrons. The molecule has 3 N–H and O–H groups in total. The Hall–Kier alpha value is -0.730. The first-order chi connectivity index (χ1) is 7.03. The van der Waals surface area contributed by atoms with E-state index in [0.717, 1.165) is 30.2 Å². The number of benzene rings is 1. The smallest absolute Gasteiger partial charge is 0.0407 e. The second kappa shape index (κ2) is 5.38. The molecule has 2 nitrogen and oxygen atoms in total. The van der Waals surface area contributed by atoms with Gasteiger partial charge in [-0.05, 0) is 42.6 Å². The summed E-state index contributed by atoms with van der Waals surface area (Å²) in [6.45, 7) is 6.08. The number of rotatable bonds is 5. The average Bonchev–Trinajstić information content (AvgIpc) is 2.17. The fraction of sp³-hybridized carbons (Fsp3) is 0.500. The zero-order chi connectivity index (χ0) is 11.3. The fourth-order valence-electron chi connectivity index (χ4n) is 1.39. The summed E-state index contributed by atoms with van der Waals surface area (Å²) in [6, 6.07) is 7.75. The van der Waals surface area contributed by atoms with E-state index in [2.05, 4.69) is 19.2 Å². The normalized spacial score (nSPS) is 11.5. The molecular weight excluding hydrogens is 208 g/mol. The van der Waals surface area contributed by atoms with Gasteiger partial charge in [0.15, 0.2) is 0 Å². The Bertz CT molecular complexity index is 293. The van der Waals surface area contributed by atoms with Crippen LogP contribution < -0.4 is 11.1 Å². The summed E-state index contributed by atoms with van der Waals surface area (Å²) in [5.74, 6) is 0. The molecule has 0 fully saturated rings. The van der Waals surface area contributed by atoms with E-state index in [9.17, 15) is 0 Å². The summed E-state index contributed by atoms with van der Waals surface area (Å²) in [4.78, 5) is 0. The van der Waals surface area contributed by atoms with Crippen LogP contribution in [0.3, 0.4) is 0 Å². The first-order valence-corrected chi connectivity index (χ1v) is 5.61. The van der Waals surface area contributed by atoms with Crippen LogP contribution in [0.1, 0.15) is 20.3 Å². The fourth-order valence-corrected chi connectivity index (χ4v) is 1.51. The highest BCUT2D eigenvalue weighted by Gasteiger charge is 2.15. The van der Waals surface area contributed by atoms with E-state index >= 15 is 0 Å². The van der Waals surface area contributed by atoms with Gasteiger partial charge in [-0.3, -0.25) is 0 Å². The van der Waals surface area contributed by atoms with Gasteiger partial charge in [0, 0.05) is 17.3 Å². The Balaban J connectivity index is 2.46. The lowest BCUT2D eigenvalue weighted by molar-refractivity contribution is 0.365. The number of hydrogen-bond donors (Lipinski definition) is 2. The van der Waals surface area contributed by atoms with Gasteiger partial charge < -0.3 is 11.1 Å². The van der Waals surface area contributed by atoms with Crippen molar-refractivity contribution in [3.63, 3.8) is 0 Å². The zero-order valence-electron chi connectivity index (χ0n) is 9.39. The predicted octanol–water partition coefficient (Wildman–Crippen LogP) is 3.13. The SMILES string of the molecule is CC(C)(CCN)CNc1ccc(Cl)cc1. The third-order valence-electron chi connectivity index (χ3n) is 2.44. The van der Waals surface area contributed by atoms with Crippen molar-refractivity contribution in [1.82, 2.24) is 0 Å². The van der Waals surface area contributed by atoms with Crippen LogP contribution in [0.2, 0.25) is 5.02 Å². The van der Waals surface area contributed by atoms with Gasteiger partial charge in [-0.1, -0.05) is 25.4 Å². The lowest BCUT2D eigenvalue weighted by Crippen LogP contribution is -2.25. The molecular formula is C12H19ClN2. The van der Waals surface area contributed by atoms with Gasteiger partial charge in [0.25, 0.3) is 0 Å². The maximum atomic E-state index is 5.81. The summed E-state index contributed by atoms with van der Waals surface area (Å²) >= 11 is 5.81. The molecule has 1 aromatic carbocycles. The number of anilines is 1. The summed E-state index contributed by atoms with van der Waals surface area (Å²) in [6.07, 6.45) is 1.02. The van der Waals surface area contributed by atoms with E-state index in [4.69, 9.17) is 17.3 Å². The van der Waals surface area contributed by atoms with Gasteiger partial charge in [0.2, 0.25) is 0 Å². The number of halogens is 1. The van der Waals surface area contributed by atoms with E-state index in [1.165, 1.54) is 0 Å². The van der Waals surface area contributed by atoms with Gasteiger partial charge in [-0.25, -0.2) is 0 Å². The Kier molecular flexibility index (Phi) is 4.43. The van der Waals surface area contributed by atoms with Crippen LogP contribution in [0, 0.1) is 5.41 Å². The van der Waals surface area contributed by atoms with Gasteiger partial charge in [-0.2, -0.15) is 0 Å². The standard InChI is InChI=1S/C12H19ClN2/c1-12(2,7-8-14)9-15-11-5-3-10(13)4-6-11/h3-6,15H,7-9,14H2,1-2H3. The van der Waals surface area contributed by atoms with Crippen LogP contribution in [0.25, 0.3) is 0 Å².